The molecule has 0 bridgehead atoms. The zero-order chi connectivity index (χ0) is 23.3. The molecule has 2 aromatic carbocycles. The quantitative estimate of drug-likeness (QED) is 0.480. The molecule has 7 nitrogen and oxygen atoms in total. The number of aromatic nitrogens is 1. The number of aryl methyl sites for hydroxylation is 2. The first kappa shape index (κ1) is 22.8. The van der Waals surface area contributed by atoms with E-state index >= 15 is 0 Å². The fraction of sp³-hybridized carbons (Fsp3) is 0.167. The Kier molecular flexibility index (Phi) is 7.13. The Labute approximate surface area is 191 Å². The number of hydrogen-bond donors (Lipinski definition) is 3. The fourth-order valence-electron chi connectivity index (χ4n) is 2.91. The first-order valence-electron chi connectivity index (χ1n) is 9.90. The van der Waals surface area contributed by atoms with Crippen LogP contribution in [0.5, 0.6) is 0 Å². The summed E-state index contributed by atoms with van der Waals surface area (Å²) in [4.78, 5) is 29.5. The minimum absolute atomic E-state index is 0.0120. The maximum Gasteiger partial charge on any atom is 0.259 e. The Bertz CT molecular complexity index is 1210. The molecule has 0 aliphatic carbocycles. The van der Waals surface area contributed by atoms with Crippen LogP contribution in [0.25, 0.3) is 0 Å². The van der Waals surface area contributed by atoms with Gasteiger partial charge in [0.1, 0.15) is 16.9 Å². The number of nitrogens with two attached hydrogens (primary N) is 1. The highest BCUT2D eigenvalue weighted by Crippen LogP contribution is 2.29. The molecule has 1 heterocycles. The van der Waals surface area contributed by atoms with Crippen molar-refractivity contribution < 1.29 is 9.59 Å². The summed E-state index contributed by atoms with van der Waals surface area (Å²) in [5.41, 5.74) is 9.62. The van der Waals surface area contributed by atoms with Gasteiger partial charge in [0.15, 0.2) is 0 Å². The monoisotopic (exact) mass is 445 g/mol. The molecule has 0 aliphatic heterocycles. The first-order valence-corrected chi connectivity index (χ1v) is 10.8. The molecule has 3 rings (SSSR count). The molecule has 0 saturated heterocycles. The summed E-state index contributed by atoms with van der Waals surface area (Å²) in [5.74, 6) is -0.698. The van der Waals surface area contributed by atoms with Crippen molar-refractivity contribution in [3.8, 4) is 6.07 Å². The van der Waals surface area contributed by atoms with E-state index in [2.05, 4.69) is 15.6 Å². The SMILES string of the molecule is Cc1ccc(C)c(NC(=O)C(C)Sc2nc(N)c(C(=O)Nc3ccccc3)cc2C#N)c1. The second kappa shape index (κ2) is 9.98. The normalized spacial score (nSPS) is 11.3. The Morgan fingerprint density at radius 1 is 1.09 bits per heavy atom. The van der Waals surface area contributed by atoms with Gasteiger partial charge in [-0.2, -0.15) is 5.26 Å². The molecule has 8 heteroatoms. The van der Waals surface area contributed by atoms with Crippen molar-refractivity contribution in [2.45, 2.75) is 31.0 Å². The van der Waals surface area contributed by atoms with Crippen LogP contribution < -0.4 is 16.4 Å². The highest BCUT2D eigenvalue weighted by molar-refractivity contribution is 8.00. The van der Waals surface area contributed by atoms with Crippen LogP contribution in [0.15, 0.2) is 59.6 Å². The van der Waals surface area contributed by atoms with E-state index in [4.69, 9.17) is 5.73 Å². The van der Waals surface area contributed by atoms with Crippen molar-refractivity contribution in [3.63, 3.8) is 0 Å². The topological polar surface area (TPSA) is 121 Å². The van der Waals surface area contributed by atoms with Crippen molar-refractivity contribution in [2.24, 2.45) is 0 Å². The number of para-hydroxylation sites is 1. The highest BCUT2D eigenvalue weighted by Gasteiger charge is 2.21. The summed E-state index contributed by atoms with van der Waals surface area (Å²) in [6, 6.07) is 18.2. The molecule has 0 fully saturated rings. The van der Waals surface area contributed by atoms with E-state index in [1.54, 1.807) is 31.2 Å². The van der Waals surface area contributed by atoms with E-state index in [0.717, 1.165) is 28.6 Å². The van der Waals surface area contributed by atoms with Gasteiger partial charge in [-0.25, -0.2) is 4.98 Å². The molecule has 1 atom stereocenters. The van der Waals surface area contributed by atoms with E-state index in [-0.39, 0.29) is 22.9 Å². The van der Waals surface area contributed by atoms with Gasteiger partial charge in [-0.15, -0.1) is 0 Å². The van der Waals surface area contributed by atoms with Crippen molar-refractivity contribution in [1.82, 2.24) is 4.98 Å². The van der Waals surface area contributed by atoms with E-state index in [9.17, 15) is 14.9 Å². The molecular formula is C24H23N5O2S. The van der Waals surface area contributed by atoms with Crippen LogP contribution >= 0.6 is 11.8 Å². The Hall–Kier alpha value is -3.83. The van der Waals surface area contributed by atoms with Crippen molar-refractivity contribution >= 4 is 40.8 Å². The van der Waals surface area contributed by atoms with Gasteiger partial charge in [0.2, 0.25) is 5.91 Å². The van der Waals surface area contributed by atoms with E-state index in [0.29, 0.717) is 10.7 Å². The van der Waals surface area contributed by atoms with Gasteiger partial charge in [-0.05, 0) is 56.2 Å². The Balaban J connectivity index is 1.77. The van der Waals surface area contributed by atoms with E-state index < -0.39 is 11.2 Å². The first-order chi connectivity index (χ1) is 15.3. The number of carbonyl (C=O) groups is 2. The third-order valence-electron chi connectivity index (χ3n) is 4.72. The summed E-state index contributed by atoms with van der Waals surface area (Å²) < 4.78 is 0. The Morgan fingerprint density at radius 2 is 1.81 bits per heavy atom. The number of nitrogens with one attached hydrogen (secondary N) is 2. The zero-order valence-electron chi connectivity index (χ0n) is 18.0. The molecule has 3 aromatic rings. The number of thioether (sulfide) groups is 1. The lowest BCUT2D eigenvalue weighted by atomic mass is 10.1. The molecule has 0 aliphatic rings. The number of benzene rings is 2. The van der Waals surface area contributed by atoms with Crippen LogP contribution in [0.2, 0.25) is 0 Å². The van der Waals surface area contributed by atoms with Crippen LogP contribution in [0.1, 0.15) is 34.0 Å². The van der Waals surface area contributed by atoms with Crippen LogP contribution in [0.4, 0.5) is 17.2 Å². The standard InChI is InChI=1S/C24H23N5O2S/c1-14-9-10-15(2)20(11-14)28-22(30)16(3)32-24-17(13-25)12-19(21(26)29-24)23(31)27-18-7-5-4-6-8-18/h4-12,16H,1-3H3,(H2,26,29)(H,27,31)(H,28,30). The third kappa shape index (κ3) is 5.45. The van der Waals surface area contributed by atoms with E-state index in [1.165, 1.54) is 6.07 Å². The molecule has 32 heavy (non-hydrogen) atoms. The van der Waals surface area contributed by atoms with Crippen LogP contribution in [0.3, 0.4) is 0 Å². The molecule has 1 unspecified atom stereocenters. The molecule has 0 saturated carbocycles. The molecule has 0 spiro atoms. The Morgan fingerprint density at radius 3 is 2.50 bits per heavy atom. The molecular weight excluding hydrogens is 422 g/mol. The molecule has 4 N–H and O–H groups in total. The lowest BCUT2D eigenvalue weighted by Crippen LogP contribution is -2.23. The molecule has 0 radical (unpaired) electrons. The van der Waals surface area contributed by atoms with Crippen molar-refractivity contribution in [1.29, 1.82) is 5.26 Å². The van der Waals surface area contributed by atoms with Gasteiger partial charge < -0.3 is 16.4 Å². The van der Waals surface area contributed by atoms with Crippen molar-refractivity contribution in [2.75, 3.05) is 16.4 Å². The van der Waals surface area contributed by atoms with Crippen molar-refractivity contribution in [3.05, 3.63) is 76.9 Å². The number of nitrogens with zero attached hydrogens (tertiary/aromatic N) is 2. The highest BCUT2D eigenvalue weighted by atomic mass is 32.2. The summed E-state index contributed by atoms with van der Waals surface area (Å²) >= 11 is 1.11. The lowest BCUT2D eigenvalue weighted by Gasteiger charge is -2.15. The molecule has 1 aromatic heterocycles. The van der Waals surface area contributed by atoms with Gasteiger partial charge in [0.05, 0.1) is 16.4 Å². The van der Waals surface area contributed by atoms with Gasteiger partial charge >= 0.3 is 0 Å². The van der Waals surface area contributed by atoms with Crippen LogP contribution in [0, 0.1) is 25.2 Å². The average molecular weight is 446 g/mol. The summed E-state index contributed by atoms with van der Waals surface area (Å²) in [7, 11) is 0. The second-order valence-electron chi connectivity index (χ2n) is 7.27. The smallest absolute Gasteiger partial charge is 0.259 e. The zero-order valence-corrected chi connectivity index (χ0v) is 18.8. The predicted octanol–water partition coefficient (Wildman–Crippen LogP) is 4.52. The number of nitriles is 1. The summed E-state index contributed by atoms with van der Waals surface area (Å²) in [5, 5.41) is 15.0. The number of anilines is 3. The maximum atomic E-state index is 12.7. The number of amides is 2. The minimum atomic E-state index is -0.544. The van der Waals surface area contributed by atoms with Crippen LogP contribution in [-0.2, 0) is 4.79 Å². The fourth-order valence-corrected chi connectivity index (χ4v) is 3.79. The number of rotatable bonds is 6. The number of pyridine rings is 1. The number of nitrogen functional groups attached to an aromatic ring is 1. The second-order valence-corrected chi connectivity index (χ2v) is 8.60. The predicted molar refractivity (Wildman–Crippen MR) is 128 cm³/mol. The molecule has 162 valence electrons. The molecule has 2 amide bonds. The van der Waals surface area contributed by atoms with Gasteiger partial charge in [0, 0.05) is 11.4 Å². The average Bonchev–Trinajstić information content (AvgIpc) is 2.77. The largest absolute Gasteiger partial charge is 0.383 e. The summed E-state index contributed by atoms with van der Waals surface area (Å²) in [6.45, 7) is 5.59. The van der Waals surface area contributed by atoms with Crippen LogP contribution in [-0.4, -0.2) is 22.0 Å². The lowest BCUT2D eigenvalue weighted by molar-refractivity contribution is -0.115. The minimum Gasteiger partial charge on any atom is -0.383 e. The number of carbonyl (C=O) groups excluding carboxylic acids is 2. The van der Waals surface area contributed by atoms with E-state index in [1.807, 2.05) is 44.2 Å². The van der Waals surface area contributed by atoms with Gasteiger partial charge in [-0.3, -0.25) is 9.59 Å². The van der Waals surface area contributed by atoms with Gasteiger partial charge in [0.25, 0.3) is 5.91 Å². The maximum absolute atomic E-state index is 12.7. The third-order valence-corrected chi connectivity index (χ3v) is 5.82. The number of hydrogen-bond acceptors (Lipinski definition) is 6. The summed E-state index contributed by atoms with van der Waals surface area (Å²) in [6.07, 6.45) is 0. The van der Waals surface area contributed by atoms with Gasteiger partial charge in [-0.1, -0.05) is 42.1 Å².